The van der Waals surface area contributed by atoms with Gasteiger partial charge in [0.1, 0.15) is 0 Å². The molecule has 0 aromatic rings. The van der Waals surface area contributed by atoms with Crippen LogP contribution in [0.2, 0.25) is 0 Å². The molecule has 1 aliphatic carbocycles. The molecule has 0 spiro atoms. The average Bonchev–Trinajstić information content (AvgIpc) is 2.73. The lowest BCUT2D eigenvalue weighted by atomic mass is 10.2. The van der Waals surface area contributed by atoms with Crippen molar-refractivity contribution in [2.45, 2.75) is 30.6 Å². The van der Waals surface area contributed by atoms with E-state index in [1.54, 1.807) is 0 Å². The summed E-state index contributed by atoms with van der Waals surface area (Å²) in [4.78, 5) is 24.2. The van der Waals surface area contributed by atoms with Gasteiger partial charge in [0.05, 0.1) is 6.54 Å². The third-order valence-corrected chi connectivity index (χ3v) is 4.03. The number of hydrogen-bond donors (Lipinski definition) is 1. The van der Waals surface area contributed by atoms with Crippen LogP contribution in [0.5, 0.6) is 0 Å². The Bertz CT molecular complexity index is 254. The third kappa shape index (κ3) is 1.61. The molecular formula is C9H14N2O2S. The summed E-state index contributed by atoms with van der Waals surface area (Å²) >= 11 is 1.83. The van der Waals surface area contributed by atoms with E-state index in [1.807, 2.05) is 11.8 Å². The summed E-state index contributed by atoms with van der Waals surface area (Å²) in [5, 5.41) is 3.17. The van der Waals surface area contributed by atoms with E-state index in [0.717, 1.165) is 19.3 Å². The molecule has 5 heteroatoms. The van der Waals surface area contributed by atoms with E-state index in [2.05, 4.69) is 11.6 Å². The molecule has 1 saturated carbocycles. The predicted molar refractivity (Wildman–Crippen MR) is 55.2 cm³/mol. The van der Waals surface area contributed by atoms with Gasteiger partial charge in [-0.2, -0.15) is 11.8 Å². The lowest BCUT2D eigenvalue weighted by molar-refractivity contribution is -0.126. The Hall–Kier alpha value is -0.710. The summed E-state index contributed by atoms with van der Waals surface area (Å²) < 4.78 is 0. The SMILES string of the molecule is CSC1CCC(N2C(=O)CNC2=O)C1. The van der Waals surface area contributed by atoms with Gasteiger partial charge in [-0.25, -0.2) is 4.79 Å². The number of amides is 3. The van der Waals surface area contributed by atoms with Gasteiger partial charge in [0.2, 0.25) is 5.91 Å². The first-order valence-electron chi connectivity index (χ1n) is 4.85. The first kappa shape index (κ1) is 9.83. The Morgan fingerprint density at radius 2 is 2.21 bits per heavy atom. The van der Waals surface area contributed by atoms with Crippen molar-refractivity contribution in [3.05, 3.63) is 0 Å². The number of carbonyl (C=O) groups excluding carboxylic acids is 2. The Labute approximate surface area is 87.4 Å². The van der Waals surface area contributed by atoms with E-state index >= 15 is 0 Å². The molecule has 2 atom stereocenters. The molecule has 1 saturated heterocycles. The van der Waals surface area contributed by atoms with Gasteiger partial charge in [-0.15, -0.1) is 0 Å². The molecule has 2 unspecified atom stereocenters. The maximum atomic E-state index is 11.4. The maximum absolute atomic E-state index is 11.4. The Kier molecular flexibility index (Phi) is 2.67. The van der Waals surface area contributed by atoms with Crippen LogP contribution < -0.4 is 5.32 Å². The van der Waals surface area contributed by atoms with Crippen molar-refractivity contribution in [3.8, 4) is 0 Å². The molecule has 2 fully saturated rings. The van der Waals surface area contributed by atoms with Gasteiger partial charge in [-0.1, -0.05) is 0 Å². The zero-order chi connectivity index (χ0) is 10.1. The number of nitrogens with one attached hydrogen (secondary N) is 1. The second-order valence-corrected chi connectivity index (χ2v) is 4.89. The van der Waals surface area contributed by atoms with Crippen molar-refractivity contribution in [1.29, 1.82) is 0 Å². The molecule has 2 rings (SSSR count). The van der Waals surface area contributed by atoms with Crippen molar-refractivity contribution in [3.63, 3.8) is 0 Å². The summed E-state index contributed by atoms with van der Waals surface area (Å²) in [5.74, 6) is -0.0678. The number of thioether (sulfide) groups is 1. The van der Waals surface area contributed by atoms with Crippen molar-refractivity contribution in [1.82, 2.24) is 10.2 Å². The second-order valence-electron chi connectivity index (χ2n) is 3.75. The van der Waals surface area contributed by atoms with E-state index in [9.17, 15) is 9.59 Å². The van der Waals surface area contributed by atoms with Crippen LogP contribution in [0.25, 0.3) is 0 Å². The number of imide groups is 1. The smallest absolute Gasteiger partial charge is 0.324 e. The van der Waals surface area contributed by atoms with Crippen molar-refractivity contribution < 1.29 is 9.59 Å². The third-order valence-electron chi connectivity index (χ3n) is 2.93. The highest BCUT2D eigenvalue weighted by Gasteiger charge is 2.38. The molecule has 1 heterocycles. The van der Waals surface area contributed by atoms with Crippen LogP contribution >= 0.6 is 11.8 Å². The summed E-state index contributed by atoms with van der Waals surface area (Å²) in [6.07, 6.45) is 5.12. The van der Waals surface area contributed by atoms with Gasteiger partial charge < -0.3 is 5.32 Å². The van der Waals surface area contributed by atoms with Crippen LogP contribution in [0.3, 0.4) is 0 Å². The van der Waals surface area contributed by atoms with Crippen LogP contribution in [0.1, 0.15) is 19.3 Å². The quantitative estimate of drug-likeness (QED) is 0.692. The highest BCUT2D eigenvalue weighted by atomic mass is 32.2. The van der Waals surface area contributed by atoms with E-state index < -0.39 is 0 Å². The molecule has 0 aromatic heterocycles. The van der Waals surface area contributed by atoms with Crippen LogP contribution in [0.4, 0.5) is 4.79 Å². The number of urea groups is 1. The minimum absolute atomic E-state index is 0.0678. The predicted octanol–water partition coefficient (Wildman–Crippen LogP) is 0.822. The summed E-state index contributed by atoms with van der Waals surface area (Å²) in [5.41, 5.74) is 0. The summed E-state index contributed by atoms with van der Waals surface area (Å²) in [6, 6.07) is -0.0656. The van der Waals surface area contributed by atoms with E-state index in [0.29, 0.717) is 5.25 Å². The number of nitrogens with zero attached hydrogens (tertiary/aromatic N) is 1. The van der Waals surface area contributed by atoms with Crippen molar-refractivity contribution >= 4 is 23.7 Å². The van der Waals surface area contributed by atoms with Gasteiger partial charge in [0, 0.05) is 11.3 Å². The Morgan fingerprint density at radius 3 is 2.71 bits per heavy atom. The minimum atomic E-state index is -0.207. The maximum Gasteiger partial charge on any atom is 0.324 e. The monoisotopic (exact) mass is 214 g/mol. The van der Waals surface area contributed by atoms with Gasteiger partial charge in [-0.3, -0.25) is 9.69 Å². The standard InChI is InChI=1S/C9H14N2O2S/c1-14-7-3-2-6(4-7)11-8(12)5-10-9(11)13/h6-7H,2-5H2,1H3,(H,10,13). The molecule has 0 radical (unpaired) electrons. The molecule has 4 nitrogen and oxygen atoms in total. The topological polar surface area (TPSA) is 49.4 Å². The van der Waals surface area contributed by atoms with Gasteiger partial charge >= 0.3 is 6.03 Å². The normalized spacial score (nSPS) is 32.5. The van der Waals surface area contributed by atoms with Crippen LogP contribution in [0, 0.1) is 0 Å². The highest BCUT2D eigenvalue weighted by Crippen LogP contribution is 2.32. The van der Waals surface area contributed by atoms with E-state index in [4.69, 9.17) is 0 Å². The van der Waals surface area contributed by atoms with Crippen LogP contribution in [-0.4, -0.2) is 40.9 Å². The molecule has 1 N–H and O–H groups in total. The van der Waals surface area contributed by atoms with Crippen LogP contribution in [0.15, 0.2) is 0 Å². The van der Waals surface area contributed by atoms with Crippen LogP contribution in [-0.2, 0) is 4.79 Å². The number of hydrogen-bond acceptors (Lipinski definition) is 3. The fraction of sp³-hybridized carbons (Fsp3) is 0.778. The van der Waals surface area contributed by atoms with E-state index in [1.165, 1.54) is 4.90 Å². The minimum Gasteiger partial charge on any atom is -0.329 e. The molecule has 3 amide bonds. The lowest BCUT2D eigenvalue weighted by Gasteiger charge is -2.20. The first-order valence-corrected chi connectivity index (χ1v) is 6.14. The Morgan fingerprint density at radius 1 is 1.43 bits per heavy atom. The molecule has 78 valence electrons. The van der Waals surface area contributed by atoms with Gasteiger partial charge in [0.15, 0.2) is 0 Å². The molecule has 1 aliphatic heterocycles. The first-order chi connectivity index (χ1) is 6.72. The zero-order valence-electron chi connectivity index (χ0n) is 8.16. The summed E-state index contributed by atoms with van der Waals surface area (Å²) in [6.45, 7) is 0.180. The number of carbonyl (C=O) groups is 2. The summed E-state index contributed by atoms with van der Waals surface area (Å²) in [7, 11) is 0. The van der Waals surface area contributed by atoms with E-state index in [-0.39, 0.29) is 24.5 Å². The fourth-order valence-corrected chi connectivity index (χ4v) is 2.96. The number of rotatable bonds is 2. The lowest BCUT2D eigenvalue weighted by Crippen LogP contribution is -2.39. The molecule has 14 heavy (non-hydrogen) atoms. The molecular weight excluding hydrogens is 200 g/mol. The highest BCUT2D eigenvalue weighted by molar-refractivity contribution is 7.99. The molecule has 0 bridgehead atoms. The van der Waals surface area contributed by atoms with Gasteiger partial charge in [0.25, 0.3) is 0 Å². The van der Waals surface area contributed by atoms with Crippen molar-refractivity contribution in [2.24, 2.45) is 0 Å². The Balaban J connectivity index is 2.02. The molecule has 0 aromatic carbocycles. The van der Waals surface area contributed by atoms with Gasteiger partial charge in [-0.05, 0) is 25.5 Å². The molecule has 2 aliphatic rings. The van der Waals surface area contributed by atoms with Crippen molar-refractivity contribution in [2.75, 3.05) is 12.8 Å². The zero-order valence-corrected chi connectivity index (χ0v) is 8.97. The second kappa shape index (κ2) is 3.81. The largest absolute Gasteiger partial charge is 0.329 e. The average molecular weight is 214 g/mol. The fourth-order valence-electron chi connectivity index (χ4n) is 2.17.